The summed E-state index contributed by atoms with van der Waals surface area (Å²) in [5.41, 5.74) is 0.425. The number of esters is 1. The van der Waals surface area contributed by atoms with Gasteiger partial charge in [-0.05, 0) is 29.8 Å². The molecule has 0 amide bonds. The van der Waals surface area contributed by atoms with E-state index in [1.165, 1.54) is 36.4 Å². The molecule has 0 aliphatic rings. The van der Waals surface area contributed by atoms with Gasteiger partial charge >= 0.3 is 5.97 Å². The molecule has 0 aliphatic heterocycles. The van der Waals surface area contributed by atoms with Gasteiger partial charge in [-0.15, -0.1) is 0 Å². The van der Waals surface area contributed by atoms with Crippen LogP contribution in [0, 0.1) is 5.82 Å². The Morgan fingerprint density at radius 2 is 1.82 bits per heavy atom. The van der Waals surface area contributed by atoms with Crippen molar-refractivity contribution in [2.45, 2.75) is 6.42 Å². The smallest absolute Gasteiger partial charge is 0.310 e. The first-order chi connectivity index (χ1) is 10.5. The summed E-state index contributed by atoms with van der Waals surface area (Å²) in [6.45, 7) is -0.464. The third-order valence-electron chi connectivity index (χ3n) is 2.89. The maximum Gasteiger partial charge on any atom is 0.310 e. The number of hydrogen-bond acceptors (Lipinski definition) is 3. The van der Waals surface area contributed by atoms with Gasteiger partial charge in [0.15, 0.2) is 6.61 Å². The fraction of sp³-hybridized carbons (Fsp3) is 0.125. The first kappa shape index (κ1) is 16.5. The van der Waals surface area contributed by atoms with Gasteiger partial charge in [-0.1, -0.05) is 41.4 Å². The first-order valence-corrected chi connectivity index (χ1v) is 7.10. The van der Waals surface area contributed by atoms with Crippen LogP contribution in [-0.4, -0.2) is 18.4 Å². The monoisotopic (exact) mass is 340 g/mol. The average Bonchev–Trinajstić information content (AvgIpc) is 2.47. The first-order valence-electron chi connectivity index (χ1n) is 6.34. The highest BCUT2D eigenvalue weighted by molar-refractivity contribution is 6.36. The third kappa shape index (κ3) is 4.29. The molecule has 0 fully saturated rings. The lowest BCUT2D eigenvalue weighted by Gasteiger charge is -2.06. The van der Waals surface area contributed by atoms with Crippen LogP contribution in [0.4, 0.5) is 4.39 Å². The van der Waals surface area contributed by atoms with Crippen LogP contribution in [0.15, 0.2) is 42.5 Å². The highest BCUT2D eigenvalue weighted by atomic mass is 35.5. The molecule has 0 saturated carbocycles. The number of carbonyl (C=O) groups excluding carboxylic acids is 2. The molecule has 0 spiro atoms. The second-order valence-electron chi connectivity index (χ2n) is 4.48. The number of carbonyl (C=O) groups is 2. The minimum Gasteiger partial charge on any atom is -0.457 e. The van der Waals surface area contributed by atoms with E-state index in [-0.39, 0.29) is 22.6 Å². The largest absolute Gasteiger partial charge is 0.457 e. The number of ether oxygens (including phenoxy) is 1. The van der Waals surface area contributed by atoms with Crippen molar-refractivity contribution in [2.75, 3.05) is 6.61 Å². The SMILES string of the molecule is O=C(Cc1ccccc1F)OCC(=O)c1ccc(Cl)cc1Cl. The molecule has 6 heteroatoms. The zero-order chi connectivity index (χ0) is 16.1. The van der Waals surface area contributed by atoms with E-state index in [4.69, 9.17) is 27.9 Å². The summed E-state index contributed by atoms with van der Waals surface area (Å²) in [6, 6.07) is 10.3. The summed E-state index contributed by atoms with van der Waals surface area (Å²) in [5.74, 6) is -1.64. The molecule has 2 aromatic carbocycles. The fourth-order valence-electron chi connectivity index (χ4n) is 1.79. The Balaban J connectivity index is 1.93. The number of ketones is 1. The van der Waals surface area contributed by atoms with Gasteiger partial charge in [0.1, 0.15) is 5.82 Å². The fourth-order valence-corrected chi connectivity index (χ4v) is 2.30. The molecule has 0 heterocycles. The lowest BCUT2D eigenvalue weighted by Crippen LogP contribution is -2.16. The van der Waals surface area contributed by atoms with E-state index in [1.54, 1.807) is 6.07 Å². The third-order valence-corrected chi connectivity index (χ3v) is 3.44. The molecular weight excluding hydrogens is 330 g/mol. The Hall–Kier alpha value is -1.91. The van der Waals surface area contributed by atoms with E-state index >= 15 is 0 Å². The van der Waals surface area contributed by atoms with Gasteiger partial charge in [0.25, 0.3) is 0 Å². The summed E-state index contributed by atoms with van der Waals surface area (Å²) in [5, 5.41) is 0.584. The van der Waals surface area contributed by atoms with E-state index in [2.05, 4.69) is 0 Å². The van der Waals surface area contributed by atoms with Crippen molar-refractivity contribution in [1.82, 2.24) is 0 Å². The summed E-state index contributed by atoms with van der Waals surface area (Å²) < 4.78 is 18.3. The van der Waals surface area contributed by atoms with Crippen LogP contribution >= 0.6 is 23.2 Å². The van der Waals surface area contributed by atoms with Crippen molar-refractivity contribution in [3.8, 4) is 0 Å². The Morgan fingerprint density at radius 1 is 1.09 bits per heavy atom. The minimum absolute atomic E-state index is 0.183. The lowest BCUT2D eigenvalue weighted by molar-refractivity contribution is -0.141. The number of Topliss-reactive ketones (excluding diaryl/α,β-unsaturated/α-hetero) is 1. The summed E-state index contributed by atoms with van der Waals surface area (Å²) in [7, 11) is 0. The molecule has 0 radical (unpaired) electrons. The number of rotatable bonds is 5. The molecule has 0 aromatic heterocycles. The summed E-state index contributed by atoms with van der Waals surface area (Å²) in [4.78, 5) is 23.6. The number of hydrogen-bond donors (Lipinski definition) is 0. The normalized spacial score (nSPS) is 10.3. The van der Waals surface area contributed by atoms with Crippen LogP contribution in [-0.2, 0) is 16.0 Å². The molecule has 114 valence electrons. The molecule has 0 atom stereocenters. The highest BCUT2D eigenvalue weighted by Crippen LogP contribution is 2.21. The van der Waals surface area contributed by atoms with Gasteiger partial charge < -0.3 is 4.74 Å². The second kappa shape index (κ2) is 7.38. The Kier molecular flexibility index (Phi) is 5.52. The molecular formula is C16H11Cl2FO3. The van der Waals surface area contributed by atoms with E-state index in [0.29, 0.717) is 5.02 Å². The predicted molar refractivity (Wildman–Crippen MR) is 81.9 cm³/mol. The standard InChI is InChI=1S/C16H11Cl2FO3/c17-11-5-6-12(13(18)8-11)15(20)9-22-16(21)7-10-3-1-2-4-14(10)19/h1-6,8H,7,9H2. The van der Waals surface area contributed by atoms with Gasteiger partial charge in [0.05, 0.1) is 11.4 Å². The van der Waals surface area contributed by atoms with Crippen LogP contribution in [0.3, 0.4) is 0 Å². The van der Waals surface area contributed by atoms with Crippen LogP contribution in [0.25, 0.3) is 0 Å². The van der Waals surface area contributed by atoms with Crippen molar-refractivity contribution < 1.29 is 18.7 Å². The molecule has 2 aromatic rings. The van der Waals surface area contributed by atoms with Crippen LogP contribution < -0.4 is 0 Å². The Bertz CT molecular complexity index is 716. The number of halogens is 3. The number of benzene rings is 2. The lowest BCUT2D eigenvalue weighted by atomic mass is 10.1. The average molecular weight is 341 g/mol. The predicted octanol–water partition coefficient (Wildman–Crippen LogP) is 4.10. The zero-order valence-corrected chi connectivity index (χ0v) is 12.8. The Labute approximate surface area is 136 Å². The zero-order valence-electron chi connectivity index (χ0n) is 11.3. The topological polar surface area (TPSA) is 43.4 Å². The van der Waals surface area contributed by atoms with Gasteiger partial charge in [-0.25, -0.2) is 4.39 Å². The van der Waals surface area contributed by atoms with Crippen molar-refractivity contribution in [3.05, 3.63) is 69.5 Å². The van der Waals surface area contributed by atoms with Gasteiger partial charge in [0, 0.05) is 10.6 Å². The van der Waals surface area contributed by atoms with E-state index < -0.39 is 24.2 Å². The summed E-state index contributed by atoms with van der Waals surface area (Å²) >= 11 is 11.6. The highest BCUT2D eigenvalue weighted by Gasteiger charge is 2.14. The van der Waals surface area contributed by atoms with E-state index in [1.807, 2.05) is 0 Å². The van der Waals surface area contributed by atoms with Crippen molar-refractivity contribution in [1.29, 1.82) is 0 Å². The van der Waals surface area contributed by atoms with Crippen LogP contribution in [0.1, 0.15) is 15.9 Å². The van der Waals surface area contributed by atoms with E-state index in [0.717, 1.165) is 0 Å². The molecule has 0 N–H and O–H groups in total. The quantitative estimate of drug-likeness (QED) is 0.607. The molecule has 0 bridgehead atoms. The molecule has 0 unspecified atom stereocenters. The molecule has 0 saturated heterocycles. The molecule has 3 nitrogen and oxygen atoms in total. The van der Waals surface area contributed by atoms with Crippen molar-refractivity contribution in [2.24, 2.45) is 0 Å². The van der Waals surface area contributed by atoms with Gasteiger partial charge in [-0.3, -0.25) is 9.59 Å². The minimum atomic E-state index is -0.691. The second-order valence-corrected chi connectivity index (χ2v) is 5.32. The van der Waals surface area contributed by atoms with E-state index in [9.17, 15) is 14.0 Å². The molecule has 22 heavy (non-hydrogen) atoms. The van der Waals surface area contributed by atoms with Crippen LogP contribution in [0.2, 0.25) is 10.0 Å². The van der Waals surface area contributed by atoms with Gasteiger partial charge in [-0.2, -0.15) is 0 Å². The maximum atomic E-state index is 13.4. The Morgan fingerprint density at radius 3 is 2.50 bits per heavy atom. The maximum absolute atomic E-state index is 13.4. The van der Waals surface area contributed by atoms with Crippen molar-refractivity contribution in [3.63, 3.8) is 0 Å². The molecule has 0 aliphatic carbocycles. The van der Waals surface area contributed by atoms with Crippen molar-refractivity contribution >= 4 is 35.0 Å². The van der Waals surface area contributed by atoms with Gasteiger partial charge in [0.2, 0.25) is 5.78 Å². The summed E-state index contributed by atoms with van der Waals surface area (Å²) in [6.07, 6.45) is -0.242. The molecule has 2 rings (SSSR count). The van der Waals surface area contributed by atoms with Crippen LogP contribution in [0.5, 0.6) is 0 Å².